The summed E-state index contributed by atoms with van der Waals surface area (Å²) >= 11 is 4.88. The van der Waals surface area contributed by atoms with Gasteiger partial charge in [-0.25, -0.2) is 9.18 Å². The summed E-state index contributed by atoms with van der Waals surface area (Å²) in [4.78, 5) is 11.5. The maximum atomic E-state index is 12.7. The Hall–Kier alpha value is -1.46. The van der Waals surface area contributed by atoms with E-state index in [2.05, 4.69) is 15.9 Å². The van der Waals surface area contributed by atoms with E-state index in [9.17, 15) is 9.18 Å². The van der Waals surface area contributed by atoms with E-state index in [-0.39, 0.29) is 12.4 Å². The zero-order chi connectivity index (χ0) is 13.7. The highest BCUT2D eigenvalue weighted by molar-refractivity contribution is 9.11. The highest BCUT2D eigenvalue weighted by Gasteiger charge is 2.01. The predicted molar refractivity (Wildman–Crippen MR) is 77.2 cm³/mol. The lowest BCUT2D eigenvalue weighted by Crippen LogP contribution is -1.99. The van der Waals surface area contributed by atoms with E-state index in [1.807, 2.05) is 11.4 Å². The van der Waals surface area contributed by atoms with E-state index in [0.29, 0.717) is 0 Å². The molecule has 0 fully saturated rings. The highest BCUT2D eigenvalue weighted by Crippen LogP contribution is 2.21. The van der Waals surface area contributed by atoms with E-state index < -0.39 is 5.97 Å². The van der Waals surface area contributed by atoms with Crippen molar-refractivity contribution < 1.29 is 13.9 Å². The van der Waals surface area contributed by atoms with Crippen LogP contribution in [0.3, 0.4) is 0 Å². The van der Waals surface area contributed by atoms with Crippen molar-refractivity contribution in [1.82, 2.24) is 0 Å². The largest absolute Gasteiger partial charge is 0.458 e. The molecule has 0 spiro atoms. The summed E-state index contributed by atoms with van der Waals surface area (Å²) in [5, 5.41) is 1.92. The number of esters is 1. The average molecular weight is 341 g/mol. The lowest BCUT2D eigenvalue weighted by Gasteiger charge is -1.99. The Morgan fingerprint density at radius 2 is 2.11 bits per heavy atom. The van der Waals surface area contributed by atoms with Gasteiger partial charge in [0, 0.05) is 11.6 Å². The molecule has 98 valence electrons. The van der Waals surface area contributed by atoms with E-state index in [0.717, 1.165) is 14.9 Å². The molecule has 0 unspecified atom stereocenters. The summed E-state index contributed by atoms with van der Waals surface area (Å²) < 4.78 is 18.8. The summed E-state index contributed by atoms with van der Waals surface area (Å²) in [6.07, 6.45) is 2.92. The van der Waals surface area contributed by atoms with Crippen molar-refractivity contribution in [1.29, 1.82) is 0 Å². The summed E-state index contributed by atoms with van der Waals surface area (Å²) in [5.74, 6) is -0.727. The van der Waals surface area contributed by atoms with Gasteiger partial charge in [-0.15, -0.1) is 11.3 Å². The Bertz CT molecular complexity index is 590. The molecule has 2 rings (SSSR count). The van der Waals surface area contributed by atoms with Crippen LogP contribution in [0.1, 0.15) is 11.1 Å². The lowest BCUT2D eigenvalue weighted by molar-refractivity contribution is -0.138. The quantitative estimate of drug-likeness (QED) is 0.608. The first kappa shape index (κ1) is 14.0. The molecule has 0 aliphatic heterocycles. The molecule has 0 radical (unpaired) electrons. The third-order valence-corrected chi connectivity index (χ3v) is 3.84. The molecular weight excluding hydrogens is 331 g/mol. The van der Waals surface area contributed by atoms with E-state index in [4.69, 9.17) is 4.74 Å². The summed E-state index contributed by atoms with van der Waals surface area (Å²) in [6.45, 7) is 0.245. The smallest absolute Gasteiger partial charge is 0.331 e. The fourth-order valence-electron chi connectivity index (χ4n) is 1.36. The van der Waals surface area contributed by atoms with Crippen molar-refractivity contribution in [2.75, 3.05) is 0 Å². The van der Waals surface area contributed by atoms with Crippen LogP contribution in [-0.2, 0) is 16.1 Å². The summed E-state index contributed by atoms with van der Waals surface area (Å²) in [7, 11) is 0. The number of halogens is 2. The van der Waals surface area contributed by atoms with Crippen molar-refractivity contribution in [2.24, 2.45) is 0 Å². The SMILES string of the molecule is O=C(/C=C/c1ccc(F)cc1)OCc1csc(Br)c1. The number of carbonyl (C=O) groups is 1. The molecule has 1 heterocycles. The highest BCUT2D eigenvalue weighted by atomic mass is 79.9. The Kier molecular flexibility index (Phi) is 4.87. The van der Waals surface area contributed by atoms with Crippen LogP contribution in [0.2, 0.25) is 0 Å². The van der Waals surface area contributed by atoms with Gasteiger partial charge in [-0.3, -0.25) is 0 Å². The van der Waals surface area contributed by atoms with E-state index in [1.54, 1.807) is 18.2 Å². The molecule has 0 N–H and O–H groups in total. The molecule has 1 aromatic heterocycles. The molecule has 19 heavy (non-hydrogen) atoms. The zero-order valence-corrected chi connectivity index (χ0v) is 12.2. The van der Waals surface area contributed by atoms with Crippen LogP contribution in [0.25, 0.3) is 6.08 Å². The van der Waals surface area contributed by atoms with Gasteiger partial charge in [0.1, 0.15) is 12.4 Å². The van der Waals surface area contributed by atoms with Crippen LogP contribution in [-0.4, -0.2) is 5.97 Å². The third-order valence-electron chi connectivity index (χ3n) is 2.28. The molecular formula is C14H10BrFO2S. The van der Waals surface area contributed by atoms with Crippen LogP contribution >= 0.6 is 27.3 Å². The number of hydrogen-bond acceptors (Lipinski definition) is 3. The molecule has 2 aromatic rings. The lowest BCUT2D eigenvalue weighted by atomic mass is 10.2. The Labute approximate surface area is 122 Å². The maximum Gasteiger partial charge on any atom is 0.331 e. The van der Waals surface area contributed by atoms with Crippen LogP contribution in [0.15, 0.2) is 45.6 Å². The van der Waals surface area contributed by atoms with Crippen LogP contribution in [0.5, 0.6) is 0 Å². The summed E-state index contributed by atoms with van der Waals surface area (Å²) in [6, 6.07) is 7.77. The normalized spacial score (nSPS) is 10.8. The minimum Gasteiger partial charge on any atom is -0.458 e. The molecule has 2 nitrogen and oxygen atoms in total. The first-order valence-electron chi connectivity index (χ1n) is 5.47. The number of ether oxygens (including phenoxy) is 1. The standard InChI is InChI=1S/C14H10BrFO2S/c15-13-7-11(9-19-13)8-18-14(17)6-3-10-1-4-12(16)5-2-10/h1-7,9H,8H2/b6-3+. The first-order valence-corrected chi connectivity index (χ1v) is 7.14. The molecule has 5 heteroatoms. The van der Waals surface area contributed by atoms with Gasteiger partial charge in [0.15, 0.2) is 0 Å². The van der Waals surface area contributed by atoms with Gasteiger partial charge in [0.25, 0.3) is 0 Å². The molecule has 0 atom stereocenters. The van der Waals surface area contributed by atoms with Gasteiger partial charge in [-0.05, 0) is 51.1 Å². The maximum absolute atomic E-state index is 12.7. The number of benzene rings is 1. The monoisotopic (exact) mass is 340 g/mol. The molecule has 1 aromatic carbocycles. The third kappa shape index (κ3) is 4.61. The van der Waals surface area contributed by atoms with Crippen molar-refractivity contribution in [3.63, 3.8) is 0 Å². The van der Waals surface area contributed by atoms with Gasteiger partial charge in [0.2, 0.25) is 0 Å². The number of thiophene rings is 1. The second-order valence-electron chi connectivity index (χ2n) is 3.75. The van der Waals surface area contributed by atoms with E-state index in [1.165, 1.54) is 29.5 Å². The van der Waals surface area contributed by atoms with Gasteiger partial charge < -0.3 is 4.74 Å². The van der Waals surface area contributed by atoms with Crippen molar-refractivity contribution in [2.45, 2.75) is 6.61 Å². The fourth-order valence-corrected chi connectivity index (χ4v) is 2.56. The average Bonchev–Trinajstić information content (AvgIpc) is 2.81. The second-order valence-corrected chi connectivity index (χ2v) is 6.04. The minimum absolute atomic E-state index is 0.245. The molecule has 0 aliphatic carbocycles. The van der Waals surface area contributed by atoms with Gasteiger partial charge >= 0.3 is 5.97 Å². The van der Waals surface area contributed by atoms with Gasteiger partial charge in [0.05, 0.1) is 3.79 Å². The van der Waals surface area contributed by atoms with Gasteiger partial charge in [-0.2, -0.15) is 0 Å². The molecule has 0 aliphatic rings. The minimum atomic E-state index is -0.424. The van der Waals surface area contributed by atoms with Crippen LogP contribution in [0.4, 0.5) is 4.39 Å². The number of rotatable bonds is 4. The predicted octanol–water partition coefficient (Wildman–Crippen LogP) is 4.41. The molecule has 0 saturated carbocycles. The summed E-state index contributed by atoms with van der Waals surface area (Å²) in [5.41, 5.74) is 1.69. The zero-order valence-electron chi connectivity index (χ0n) is 9.81. The molecule has 0 saturated heterocycles. The Balaban J connectivity index is 1.85. The van der Waals surface area contributed by atoms with Crippen LogP contribution in [0, 0.1) is 5.82 Å². The van der Waals surface area contributed by atoms with Crippen molar-refractivity contribution >= 4 is 39.3 Å². The Morgan fingerprint density at radius 1 is 1.37 bits per heavy atom. The number of carbonyl (C=O) groups excluding carboxylic acids is 1. The van der Waals surface area contributed by atoms with Crippen molar-refractivity contribution in [3.05, 3.63) is 62.5 Å². The number of hydrogen-bond donors (Lipinski definition) is 0. The van der Waals surface area contributed by atoms with Crippen molar-refractivity contribution in [3.8, 4) is 0 Å². The Morgan fingerprint density at radius 3 is 2.74 bits per heavy atom. The molecule has 0 amide bonds. The second kappa shape index (κ2) is 6.63. The molecule has 0 bridgehead atoms. The van der Waals surface area contributed by atoms with Gasteiger partial charge in [-0.1, -0.05) is 12.1 Å². The fraction of sp³-hybridized carbons (Fsp3) is 0.0714. The van der Waals surface area contributed by atoms with Crippen LogP contribution < -0.4 is 0 Å². The van der Waals surface area contributed by atoms with E-state index >= 15 is 0 Å². The first-order chi connectivity index (χ1) is 9.13. The topological polar surface area (TPSA) is 26.3 Å².